The number of hydrogen-bond donors (Lipinski definition) is 0. The van der Waals surface area contributed by atoms with Crippen molar-refractivity contribution in [2.75, 3.05) is 13.0 Å². The largest absolute Gasteiger partial charge is 0.497 e. The summed E-state index contributed by atoms with van der Waals surface area (Å²) in [5, 5.41) is 0. The van der Waals surface area contributed by atoms with Gasteiger partial charge in [-0.1, -0.05) is 27.7 Å². The highest BCUT2D eigenvalue weighted by atomic mass is 35.5. The lowest BCUT2D eigenvalue weighted by molar-refractivity contribution is 0.233. The number of hydrogen-bond acceptors (Lipinski definition) is 2. The van der Waals surface area contributed by atoms with Crippen molar-refractivity contribution in [2.24, 2.45) is 11.3 Å². The number of aryl methyl sites for hydroxylation is 1. The van der Waals surface area contributed by atoms with Gasteiger partial charge in [-0.3, -0.25) is 0 Å². The second-order valence-electron chi connectivity index (χ2n) is 6.70. The number of nitrogens with zero attached hydrogens (tertiary/aromatic N) is 2. The molecule has 21 heavy (non-hydrogen) atoms. The second-order valence-corrected chi connectivity index (χ2v) is 7.08. The lowest BCUT2D eigenvalue weighted by Crippen LogP contribution is -2.23. The SMILES string of the molecule is COc1ccc2nc(CCCl)n(CC(C)C(C)(C)C)c2c1. The lowest BCUT2D eigenvalue weighted by Gasteiger charge is -2.28. The molecule has 1 atom stereocenters. The average Bonchev–Trinajstić information content (AvgIpc) is 2.75. The Hall–Kier alpha value is -1.22. The number of methoxy groups -OCH3 is 1. The van der Waals surface area contributed by atoms with Gasteiger partial charge in [0.15, 0.2) is 0 Å². The van der Waals surface area contributed by atoms with E-state index in [1.54, 1.807) is 7.11 Å². The minimum absolute atomic E-state index is 0.258. The molecule has 0 bridgehead atoms. The fraction of sp³-hybridized carbons (Fsp3) is 0.588. The van der Waals surface area contributed by atoms with Gasteiger partial charge in [0, 0.05) is 24.9 Å². The number of alkyl halides is 1. The summed E-state index contributed by atoms with van der Waals surface area (Å²) in [5.41, 5.74) is 2.40. The van der Waals surface area contributed by atoms with Gasteiger partial charge in [0.1, 0.15) is 11.6 Å². The van der Waals surface area contributed by atoms with Gasteiger partial charge in [-0.2, -0.15) is 0 Å². The van der Waals surface area contributed by atoms with Crippen LogP contribution in [0.5, 0.6) is 5.75 Å². The van der Waals surface area contributed by atoms with Crippen molar-refractivity contribution in [3.63, 3.8) is 0 Å². The van der Waals surface area contributed by atoms with E-state index in [9.17, 15) is 0 Å². The Balaban J connectivity index is 2.48. The van der Waals surface area contributed by atoms with E-state index >= 15 is 0 Å². The van der Waals surface area contributed by atoms with E-state index in [1.807, 2.05) is 12.1 Å². The topological polar surface area (TPSA) is 27.1 Å². The molecule has 0 spiro atoms. The molecule has 0 aliphatic heterocycles. The molecule has 1 unspecified atom stereocenters. The Bertz CT molecular complexity index is 613. The fourth-order valence-corrected chi connectivity index (χ4v) is 2.48. The van der Waals surface area contributed by atoms with E-state index in [2.05, 4.69) is 38.3 Å². The molecule has 1 aromatic carbocycles. The highest BCUT2D eigenvalue weighted by Gasteiger charge is 2.22. The van der Waals surface area contributed by atoms with Crippen LogP contribution in [-0.2, 0) is 13.0 Å². The van der Waals surface area contributed by atoms with E-state index in [4.69, 9.17) is 21.3 Å². The molecule has 3 nitrogen and oxygen atoms in total. The Morgan fingerprint density at radius 3 is 2.62 bits per heavy atom. The van der Waals surface area contributed by atoms with E-state index in [1.165, 1.54) is 0 Å². The molecule has 0 fully saturated rings. The van der Waals surface area contributed by atoms with Gasteiger partial charge in [0.05, 0.1) is 18.1 Å². The predicted octanol–water partition coefficient (Wildman–Crippen LogP) is 4.51. The standard InChI is InChI=1S/C17H25ClN2O/c1-12(17(2,3)4)11-20-15-10-13(21-5)6-7-14(15)19-16(20)8-9-18/h6-7,10,12H,8-9,11H2,1-5H3. The van der Waals surface area contributed by atoms with Crippen LogP contribution in [-0.4, -0.2) is 22.5 Å². The molecule has 0 saturated heterocycles. The Morgan fingerprint density at radius 1 is 1.33 bits per heavy atom. The smallest absolute Gasteiger partial charge is 0.121 e. The summed E-state index contributed by atoms with van der Waals surface area (Å²) in [4.78, 5) is 4.74. The molecule has 116 valence electrons. The lowest BCUT2D eigenvalue weighted by atomic mass is 9.82. The molecule has 0 radical (unpaired) electrons. The van der Waals surface area contributed by atoms with Gasteiger partial charge in [-0.15, -0.1) is 11.6 Å². The number of ether oxygens (including phenoxy) is 1. The number of fused-ring (bicyclic) bond motifs is 1. The normalized spacial score (nSPS) is 13.6. The van der Waals surface area contributed by atoms with Crippen molar-refractivity contribution in [1.29, 1.82) is 0 Å². The molecular weight excluding hydrogens is 284 g/mol. The first-order chi connectivity index (χ1) is 9.86. The van der Waals surface area contributed by atoms with E-state index < -0.39 is 0 Å². The quantitative estimate of drug-likeness (QED) is 0.760. The number of aromatic nitrogens is 2. The average molecular weight is 309 g/mol. The first kappa shape index (κ1) is 16.2. The summed E-state index contributed by atoms with van der Waals surface area (Å²) in [5.74, 6) is 3.05. The number of benzene rings is 1. The van der Waals surface area contributed by atoms with Crippen molar-refractivity contribution >= 4 is 22.6 Å². The zero-order valence-corrected chi connectivity index (χ0v) is 14.4. The maximum atomic E-state index is 5.94. The van der Waals surface area contributed by atoms with Crippen molar-refractivity contribution in [2.45, 2.75) is 40.7 Å². The van der Waals surface area contributed by atoms with Gasteiger partial charge in [0.2, 0.25) is 0 Å². The van der Waals surface area contributed by atoms with Crippen LogP contribution in [0.2, 0.25) is 0 Å². The summed E-state index contributed by atoms with van der Waals surface area (Å²) in [6.45, 7) is 10.1. The van der Waals surface area contributed by atoms with Crippen molar-refractivity contribution in [1.82, 2.24) is 9.55 Å². The first-order valence-corrected chi connectivity index (χ1v) is 7.99. The molecule has 4 heteroatoms. The molecule has 0 aliphatic carbocycles. The van der Waals surface area contributed by atoms with Crippen LogP contribution in [0.1, 0.15) is 33.5 Å². The van der Waals surface area contributed by atoms with Crippen LogP contribution >= 0.6 is 11.6 Å². The third-order valence-electron chi connectivity index (χ3n) is 4.29. The van der Waals surface area contributed by atoms with Crippen LogP contribution < -0.4 is 4.74 Å². The maximum absolute atomic E-state index is 5.94. The number of imidazole rings is 1. The minimum atomic E-state index is 0.258. The third kappa shape index (κ3) is 3.52. The minimum Gasteiger partial charge on any atom is -0.497 e. The molecule has 0 amide bonds. The van der Waals surface area contributed by atoms with Crippen molar-refractivity contribution in [3.8, 4) is 5.75 Å². The van der Waals surface area contributed by atoms with E-state index in [0.717, 1.165) is 35.6 Å². The molecule has 0 aliphatic rings. The van der Waals surface area contributed by atoms with E-state index in [-0.39, 0.29) is 5.41 Å². The fourth-order valence-electron chi connectivity index (χ4n) is 2.31. The van der Waals surface area contributed by atoms with Gasteiger partial charge in [-0.05, 0) is 23.5 Å². The predicted molar refractivity (Wildman–Crippen MR) is 89.3 cm³/mol. The monoisotopic (exact) mass is 308 g/mol. The first-order valence-electron chi connectivity index (χ1n) is 7.46. The maximum Gasteiger partial charge on any atom is 0.121 e. The highest BCUT2D eigenvalue weighted by Crippen LogP contribution is 2.30. The molecule has 2 aromatic rings. The van der Waals surface area contributed by atoms with Crippen LogP contribution in [0.4, 0.5) is 0 Å². The second kappa shape index (κ2) is 6.27. The molecule has 1 aromatic heterocycles. The Morgan fingerprint density at radius 2 is 2.05 bits per heavy atom. The third-order valence-corrected chi connectivity index (χ3v) is 4.48. The van der Waals surface area contributed by atoms with Gasteiger partial charge < -0.3 is 9.30 Å². The highest BCUT2D eigenvalue weighted by molar-refractivity contribution is 6.17. The van der Waals surface area contributed by atoms with Crippen LogP contribution in [0.15, 0.2) is 18.2 Å². The summed E-state index contributed by atoms with van der Waals surface area (Å²) in [6, 6.07) is 6.04. The zero-order valence-electron chi connectivity index (χ0n) is 13.6. The number of rotatable bonds is 5. The van der Waals surface area contributed by atoms with Crippen molar-refractivity contribution in [3.05, 3.63) is 24.0 Å². The Kier molecular flexibility index (Phi) is 4.82. The molecule has 0 saturated carbocycles. The summed E-state index contributed by atoms with van der Waals surface area (Å²) in [6.07, 6.45) is 0.787. The summed E-state index contributed by atoms with van der Waals surface area (Å²) in [7, 11) is 1.69. The molecule has 1 heterocycles. The van der Waals surface area contributed by atoms with Crippen LogP contribution in [0.3, 0.4) is 0 Å². The zero-order chi connectivity index (χ0) is 15.6. The summed E-state index contributed by atoms with van der Waals surface area (Å²) < 4.78 is 7.65. The van der Waals surface area contributed by atoms with E-state index in [0.29, 0.717) is 11.8 Å². The van der Waals surface area contributed by atoms with Gasteiger partial charge in [0.25, 0.3) is 0 Å². The van der Waals surface area contributed by atoms with Crippen LogP contribution in [0.25, 0.3) is 11.0 Å². The molecule has 0 N–H and O–H groups in total. The van der Waals surface area contributed by atoms with Crippen LogP contribution in [0, 0.1) is 11.3 Å². The number of halogens is 1. The van der Waals surface area contributed by atoms with Crippen molar-refractivity contribution < 1.29 is 4.74 Å². The summed E-state index contributed by atoms with van der Waals surface area (Å²) >= 11 is 5.94. The molecule has 2 rings (SSSR count). The van der Waals surface area contributed by atoms with Gasteiger partial charge in [-0.25, -0.2) is 4.98 Å². The molecular formula is C17H25ClN2O. The Labute approximate surface area is 132 Å². The van der Waals surface area contributed by atoms with Gasteiger partial charge >= 0.3 is 0 Å².